The maximum atomic E-state index is 5.51. The summed E-state index contributed by atoms with van der Waals surface area (Å²) in [6, 6.07) is 22.0. The largest absolute Gasteiger partial charge is 0.468 e. The molecule has 0 saturated heterocycles. The van der Waals surface area contributed by atoms with Crippen molar-refractivity contribution in [1.82, 2.24) is 15.0 Å². The molecular weight excluding hydrogens is 406 g/mol. The molecule has 0 spiro atoms. The molecule has 0 aliphatic heterocycles. The highest BCUT2D eigenvalue weighted by Crippen LogP contribution is 2.21. The second kappa shape index (κ2) is 8.33. The molecule has 0 saturated carbocycles. The van der Waals surface area contributed by atoms with Gasteiger partial charge in [-0.25, -0.2) is 0 Å². The van der Waals surface area contributed by atoms with Crippen LogP contribution in [0.2, 0.25) is 0 Å². The van der Waals surface area contributed by atoms with Gasteiger partial charge in [0.1, 0.15) is 5.76 Å². The third-order valence-corrected chi connectivity index (χ3v) is 4.61. The first-order chi connectivity index (χ1) is 13.3. The van der Waals surface area contributed by atoms with Crippen LogP contribution < -0.4 is 0 Å². The maximum absolute atomic E-state index is 5.51. The number of rotatable bonds is 7. The number of aromatic nitrogens is 2. The molecule has 0 radical (unpaired) electrons. The van der Waals surface area contributed by atoms with Crippen molar-refractivity contribution in [3.63, 3.8) is 0 Å². The maximum Gasteiger partial charge on any atom is 0.241 e. The highest BCUT2D eigenvalue weighted by molar-refractivity contribution is 9.10. The van der Waals surface area contributed by atoms with Crippen LogP contribution in [-0.4, -0.2) is 15.0 Å². The van der Waals surface area contributed by atoms with Gasteiger partial charge in [0.25, 0.3) is 0 Å². The minimum absolute atomic E-state index is 0.538. The summed E-state index contributed by atoms with van der Waals surface area (Å²) in [5.41, 5.74) is 2.14. The van der Waals surface area contributed by atoms with E-state index in [0.29, 0.717) is 24.8 Å². The third kappa shape index (κ3) is 4.72. The van der Waals surface area contributed by atoms with Gasteiger partial charge in [0.2, 0.25) is 11.7 Å². The van der Waals surface area contributed by atoms with E-state index in [1.165, 1.54) is 5.56 Å². The lowest BCUT2D eigenvalue weighted by Gasteiger charge is -2.19. The van der Waals surface area contributed by atoms with Crippen LogP contribution in [0.15, 0.2) is 86.4 Å². The molecule has 2 aromatic heterocycles. The van der Waals surface area contributed by atoms with Gasteiger partial charge < -0.3 is 8.94 Å². The zero-order valence-electron chi connectivity index (χ0n) is 14.6. The number of halogens is 1. The van der Waals surface area contributed by atoms with Crippen molar-refractivity contribution in [2.24, 2.45) is 0 Å². The number of hydrogen-bond donors (Lipinski definition) is 0. The first-order valence-corrected chi connectivity index (χ1v) is 9.43. The van der Waals surface area contributed by atoms with E-state index in [4.69, 9.17) is 8.94 Å². The van der Waals surface area contributed by atoms with Crippen molar-refractivity contribution in [3.8, 4) is 11.4 Å². The quantitative estimate of drug-likeness (QED) is 0.403. The molecule has 0 amide bonds. The number of nitrogens with zero attached hydrogens (tertiary/aromatic N) is 3. The fourth-order valence-electron chi connectivity index (χ4n) is 2.89. The summed E-state index contributed by atoms with van der Waals surface area (Å²) in [5, 5.41) is 4.13. The molecule has 27 heavy (non-hydrogen) atoms. The Balaban J connectivity index is 1.52. The summed E-state index contributed by atoms with van der Waals surface area (Å²) < 4.78 is 12.0. The van der Waals surface area contributed by atoms with Crippen LogP contribution in [0.1, 0.15) is 17.2 Å². The standard InChI is InChI=1S/C21H18BrN3O2/c22-18-9-4-8-17(12-18)21-23-20(27-24-21)15-25(14-19-10-5-11-26-19)13-16-6-2-1-3-7-16/h1-12H,13-15H2. The lowest BCUT2D eigenvalue weighted by atomic mass is 10.2. The summed E-state index contributed by atoms with van der Waals surface area (Å²) in [6.45, 7) is 1.96. The molecule has 0 aliphatic rings. The average molecular weight is 424 g/mol. The Morgan fingerprint density at radius 2 is 1.78 bits per heavy atom. The highest BCUT2D eigenvalue weighted by atomic mass is 79.9. The Kier molecular flexibility index (Phi) is 5.46. The van der Waals surface area contributed by atoms with Gasteiger partial charge in [-0.15, -0.1) is 0 Å². The van der Waals surface area contributed by atoms with Crippen LogP contribution in [0.5, 0.6) is 0 Å². The van der Waals surface area contributed by atoms with Gasteiger partial charge in [-0.3, -0.25) is 4.90 Å². The molecule has 2 aromatic carbocycles. The molecule has 0 bridgehead atoms. The second-order valence-corrected chi connectivity index (χ2v) is 7.15. The summed E-state index contributed by atoms with van der Waals surface area (Å²) in [7, 11) is 0. The van der Waals surface area contributed by atoms with Crippen LogP contribution in [0.3, 0.4) is 0 Å². The topological polar surface area (TPSA) is 55.3 Å². The highest BCUT2D eigenvalue weighted by Gasteiger charge is 2.15. The molecule has 0 atom stereocenters. The lowest BCUT2D eigenvalue weighted by Crippen LogP contribution is -2.22. The van der Waals surface area contributed by atoms with Crippen molar-refractivity contribution in [1.29, 1.82) is 0 Å². The molecule has 6 heteroatoms. The Morgan fingerprint density at radius 3 is 2.56 bits per heavy atom. The molecule has 2 heterocycles. The van der Waals surface area contributed by atoms with Crippen LogP contribution >= 0.6 is 15.9 Å². The minimum atomic E-state index is 0.538. The van der Waals surface area contributed by atoms with Gasteiger partial charge in [-0.05, 0) is 29.8 Å². The van der Waals surface area contributed by atoms with Gasteiger partial charge in [-0.2, -0.15) is 4.98 Å². The van der Waals surface area contributed by atoms with Crippen LogP contribution in [0.25, 0.3) is 11.4 Å². The van der Waals surface area contributed by atoms with Crippen molar-refractivity contribution in [2.75, 3.05) is 0 Å². The van der Waals surface area contributed by atoms with Gasteiger partial charge in [0, 0.05) is 16.6 Å². The number of furan rings is 1. The van der Waals surface area contributed by atoms with E-state index >= 15 is 0 Å². The number of hydrogen-bond acceptors (Lipinski definition) is 5. The predicted octanol–water partition coefficient (Wildman–Crippen LogP) is 5.29. The van der Waals surface area contributed by atoms with Gasteiger partial charge >= 0.3 is 0 Å². The summed E-state index contributed by atoms with van der Waals surface area (Å²) in [5.74, 6) is 2.06. The van der Waals surface area contributed by atoms with E-state index in [1.807, 2.05) is 54.6 Å². The van der Waals surface area contributed by atoms with Crippen molar-refractivity contribution >= 4 is 15.9 Å². The molecule has 0 aliphatic carbocycles. The zero-order chi connectivity index (χ0) is 18.5. The van der Waals surface area contributed by atoms with Crippen LogP contribution in [0.4, 0.5) is 0 Å². The van der Waals surface area contributed by atoms with E-state index in [1.54, 1.807) is 6.26 Å². The smallest absolute Gasteiger partial charge is 0.241 e. The summed E-state index contributed by atoms with van der Waals surface area (Å²) >= 11 is 3.47. The van der Waals surface area contributed by atoms with E-state index in [0.717, 1.165) is 22.3 Å². The van der Waals surface area contributed by atoms with Crippen LogP contribution in [0, 0.1) is 0 Å². The van der Waals surface area contributed by atoms with E-state index in [9.17, 15) is 0 Å². The average Bonchev–Trinajstić information content (AvgIpc) is 3.35. The Hall–Kier alpha value is -2.70. The van der Waals surface area contributed by atoms with Gasteiger partial charge in [0.05, 0.1) is 19.4 Å². The van der Waals surface area contributed by atoms with Crippen LogP contribution in [-0.2, 0) is 19.6 Å². The third-order valence-electron chi connectivity index (χ3n) is 4.12. The molecule has 136 valence electrons. The first kappa shape index (κ1) is 17.7. The SMILES string of the molecule is Brc1cccc(-c2noc(CN(Cc3ccccc3)Cc3ccco3)n2)c1. The summed E-state index contributed by atoms with van der Waals surface area (Å²) in [6.07, 6.45) is 1.69. The fraction of sp³-hybridized carbons (Fsp3) is 0.143. The molecule has 0 N–H and O–H groups in total. The van der Waals surface area contributed by atoms with Gasteiger partial charge in [0.15, 0.2) is 0 Å². The Labute approximate surface area is 165 Å². The second-order valence-electron chi connectivity index (χ2n) is 6.23. The molecular formula is C21H18BrN3O2. The monoisotopic (exact) mass is 423 g/mol. The first-order valence-electron chi connectivity index (χ1n) is 8.63. The van der Waals surface area contributed by atoms with Crippen molar-refractivity contribution in [3.05, 3.63) is 94.7 Å². The normalized spacial score (nSPS) is 11.2. The molecule has 0 unspecified atom stereocenters. The minimum Gasteiger partial charge on any atom is -0.468 e. The van der Waals surface area contributed by atoms with E-state index < -0.39 is 0 Å². The summed E-state index contributed by atoms with van der Waals surface area (Å²) in [4.78, 5) is 6.78. The molecule has 4 aromatic rings. The number of benzene rings is 2. The van der Waals surface area contributed by atoms with Crippen molar-refractivity contribution < 1.29 is 8.94 Å². The van der Waals surface area contributed by atoms with Gasteiger partial charge in [-0.1, -0.05) is 63.6 Å². The Morgan fingerprint density at radius 1 is 0.889 bits per heavy atom. The Bertz CT molecular complexity index is 984. The molecule has 5 nitrogen and oxygen atoms in total. The zero-order valence-corrected chi connectivity index (χ0v) is 16.2. The molecule has 4 rings (SSSR count). The fourth-order valence-corrected chi connectivity index (χ4v) is 3.29. The predicted molar refractivity (Wildman–Crippen MR) is 106 cm³/mol. The van der Waals surface area contributed by atoms with E-state index in [2.05, 4.69) is 43.1 Å². The lowest BCUT2D eigenvalue weighted by molar-refractivity contribution is 0.196. The molecule has 0 fully saturated rings. The van der Waals surface area contributed by atoms with E-state index in [-0.39, 0.29) is 0 Å². The van der Waals surface area contributed by atoms with Crippen molar-refractivity contribution in [2.45, 2.75) is 19.6 Å².